The van der Waals surface area contributed by atoms with Crippen LogP contribution in [0, 0.1) is 5.82 Å². The van der Waals surface area contributed by atoms with Gasteiger partial charge in [0.05, 0.1) is 19.3 Å². The zero-order chi connectivity index (χ0) is 15.6. The van der Waals surface area contributed by atoms with Gasteiger partial charge in [-0.1, -0.05) is 30.7 Å². The second-order valence-electron chi connectivity index (χ2n) is 4.86. The molecule has 0 aliphatic rings. The van der Waals surface area contributed by atoms with Gasteiger partial charge in [-0.05, 0) is 29.7 Å². The fraction of sp³-hybridized carbons (Fsp3) is 0.357. The Morgan fingerprint density at radius 1 is 1.48 bits per heavy atom. The van der Waals surface area contributed by atoms with E-state index in [0.29, 0.717) is 16.3 Å². The van der Waals surface area contributed by atoms with Crippen LogP contribution < -0.4 is 0 Å². The van der Waals surface area contributed by atoms with Crippen molar-refractivity contribution in [1.82, 2.24) is 15.0 Å². The Kier molecular flexibility index (Phi) is 4.57. The van der Waals surface area contributed by atoms with Crippen LogP contribution in [0.3, 0.4) is 0 Å². The van der Waals surface area contributed by atoms with E-state index in [4.69, 9.17) is 16.3 Å². The minimum absolute atomic E-state index is 0.00133. The number of ether oxygens (including phenoxy) is 1. The van der Waals surface area contributed by atoms with Crippen LogP contribution in [0.5, 0.6) is 0 Å². The molecule has 2 aromatic rings. The highest BCUT2D eigenvalue weighted by Crippen LogP contribution is 2.22. The van der Waals surface area contributed by atoms with Gasteiger partial charge >= 0.3 is 5.97 Å². The van der Waals surface area contributed by atoms with Crippen LogP contribution in [0.2, 0.25) is 5.02 Å². The largest absolute Gasteiger partial charge is 0.464 e. The Balaban J connectivity index is 2.43. The Labute approximate surface area is 126 Å². The predicted octanol–water partition coefficient (Wildman–Crippen LogP) is 3.03. The van der Waals surface area contributed by atoms with Gasteiger partial charge in [-0.3, -0.25) is 0 Å². The molecule has 0 aliphatic heterocycles. The molecule has 0 atom stereocenters. The van der Waals surface area contributed by atoms with E-state index in [1.807, 2.05) is 13.8 Å². The Morgan fingerprint density at radius 2 is 2.19 bits per heavy atom. The third kappa shape index (κ3) is 3.21. The van der Waals surface area contributed by atoms with E-state index in [-0.39, 0.29) is 24.0 Å². The highest BCUT2D eigenvalue weighted by molar-refractivity contribution is 6.31. The van der Waals surface area contributed by atoms with Crippen molar-refractivity contribution in [2.24, 2.45) is 0 Å². The van der Waals surface area contributed by atoms with Crippen molar-refractivity contribution < 1.29 is 13.9 Å². The van der Waals surface area contributed by atoms with E-state index in [9.17, 15) is 9.18 Å². The summed E-state index contributed by atoms with van der Waals surface area (Å²) >= 11 is 6.05. The fourth-order valence-electron chi connectivity index (χ4n) is 2.08. The normalized spacial score (nSPS) is 11.0. The van der Waals surface area contributed by atoms with Gasteiger partial charge in [-0.15, -0.1) is 5.10 Å². The standard InChI is InChI=1S/C14H15ClFN3O2/c1-8(2)13-12(14(20)21-3)17-18-19(13)7-9-6-10(16)4-5-11(9)15/h4-6,8H,7H2,1-3H3. The van der Waals surface area contributed by atoms with E-state index in [2.05, 4.69) is 10.3 Å². The maximum atomic E-state index is 13.3. The lowest BCUT2D eigenvalue weighted by molar-refractivity contribution is 0.0592. The Morgan fingerprint density at radius 3 is 2.81 bits per heavy atom. The third-order valence-electron chi connectivity index (χ3n) is 3.03. The zero-order valence-corrected chi connectivity index (χ0v) is 12.7. The third-order valence-corrected chi connectivity index (χ3v) is 3.40. The van der Waals surface area contributed by atoms with Crippen molar-refractivity contribution in [2.45, 2.75) is 26.3 Å². The molecule has 2 rings (SSSR count). The molecular formula is C14H15ClFN3O2. The summed E-state index contributed by atoms with van der Waals surface area (Å²) in [5.74, 6) is -0.925. The number of nitrogens with zero attached hydrogens (tertiary/aromatic N) is 3. The first kappa shape index (κ1) is 15.4. The fourth-order valence-corrected chi connectivity index (χ4v) is 2.25. The quantitative estimate of drug-likeness (QED) is 0.814. The minimum Gasteiger partial charge on any atom is -0.464 e. The lowest BCUT2D eigenvalue weighted by Crippen LogP contribution is -2.12. The van der Waals surface area contributed by atoms with Crippen LogP contribution in [0.4, 0.5) is 4.39 Å². The molecule has 1 aromatic heterocycles. The van der Waals surface area contributed by atoms with E-state index < -0.39 is 5.97 Å². The molecule has 0 saturated carbocycles. The molecule has 0 aliphatic carbocycles. The van der Waals surface area contributed by atoms with Gasteiger partial charge in [0.15, 0.2) is 5.69 Å². The number of esters is 1. The SMILES string of the molecule is COC(=O)c1nnn(Cc2cc(F)ccc2Cl)c1C(C)C. The van der Waals surface area contributed by atoms with Gasteiger partial charge in [0.25, 0.3) is 0 Å². The van der Waals surface area contributed by atoms with Crippen molar-refractivity contribution in [3.05, 3.63) is 46.0 Å². The van der Waals surface area contributed by atoms with Crippen molar-refractivity contribution in [3.8, 4) is 0 Å². The van der Waals surface area contributed by atoms with E-state index in [1.54, 1.807) is 0 Å². The summed E-state index contributed by atoms with van der Waals surface area (Å²) in [5, 5.41) is 8.25. The summed E-state index contributed by atoms with van der Waals surface area (Å²) in [4.78, 5) is 11.7. The van der Waals surface area contributed by atoms with Crippen molar-refractivity contribution in [2.75, 3.05) is 7.11 Å². The van der Waals surface area contributed by atoms with Gasteiger partial charge in [-0.2, -0.15) is 0 Å². The van der Waals surface area contributed by atoms with Gasteiger partial charge in [0, 0.05) is 5.02 Å². The summed E-state index contributed by atoms with van der Waals surface area (Å²) in [7, 11) is 1.29. The summed E-state index contributed by atoms with van der Waals surface area (Å²) in [6.45, 7) is 4.05. The second kappa shape index (κ2) is 6.22. The lowest BCUT2D eigenvalue weighted by atomic mass is 10.1. The molecule has 21 heavy (non-hydrogen) atoms. The molecule has 1 aromatic carbocycles. The highest BCUT2D eigenvalue weighted by atomic mass is 35.5. The molecule has 0 unspecified atom stereocenters. The number of halogens is 2. The summed E-state index contributed by atoms with van der Waals surface area (Å²) in [5.41, 5.74) is 1.36. The number of hydrogen-bond donors (Lipinski definition) is 0. The molecule has 0 saturated heterocycles. The average molecular weight is 312 g/mol. The predicted molar refractivity (Wildman–Crippen MR) is 76.0 cm³/mol. The maximum Gasteiger partial charge on any atom is 0.360 e. The summed E-state index contributed by atoms with van der Waals surface area (Å²) in [6, 6.07) is 4.11. The monoisotopic (exact) mass is 311 g/mol. The van der Waals surface area contributed by atoms with Gasteiger partial charge in [0.2, 0.25) is 0 Å². The molecular weight excluding hydrogens is 297 g/mol. The van der Waals surface area contributed by atoms with Crippen LogP contribution in [-0.4, -0.2) is 28.1 Å². The maximum absolute atomic E-state index is 13.3. The van der Waals surface area contributed by atoms with Gasteiger partial charge < -0.3 is 4.74 Å². The lowest BCUT2D eigenvalue weighted by Gasteiger charge is -2.11. The number of carbonyl (C=O) groups excluding carboxylic acids is 1. The first-order valence-electron chi connectivity index (χ1n) is 6.39. The number of rotatable bonds is 4. The number of carbonyl (C=O) groups is 1. The molecule has 112 valence electrons. The molecule has 0 radical (unpaired) electrons. The van der Waals surface area contributed by atoms with Gasteiger partial charge in [-0.25, -0.2) is 13.9 Å². The van der Waals surface area contributed by atoms with Crippen LogP contribution in [-0.2, 0) is 11.3 Å². The number of hydrogen-bond acceptors (Lipinski definition) is 4. The van der Waals surface area contributed by atoms with E-state index >= 15 is 0 Å². The minimum atomic E-state index is -0.546. The van der Waals surface area contributed by atoms with Crippen molar-refractivity contribution in [1.29, 1.82) is 0 Å². The second-order valence-corrected chi connectivity index (χ2v) is 5.27. The number of methoxy groups -OCH3 is 1. The van der Waals surface area contributed by atoms with Crippen LogP contribution in [0.1, 0.15) is 41.5 Å². The summed E-state index contributed by atoms with van der Waals surface area (Å²) < 4.78 is 19.6. The topological polar surface area (TPSA) is 57.0 Å². The molecule has 0 spiro atoms. The average Bonchev–Trinajstić information content (AvgIpc) is 2.86. The molecule has 0 bridgehead atoms. The van der Waals surface area contributed by atoms with Crippen molar-refractivity contribution in [3.63, 3.8) is 0 Å². The first-order chi connectivity index (χ1) is 9.93. The smallest absolute Gasteiger partial charge is 0.360 e. The highest BCUT2D eigenvalue weighted by Gasteiger charge is 2.23. The zero-order valence-electron chi connectivity index (χ0n) is 11.9. The molecule has 0 amide bonds. The first-order valence-corrected chi connectivity index (χ1v) is 6.77. The van der Waals surface area contributed by atoms with Crippen LogP contribution in [0.25, 0.3) is 0 Å². The molecule has 0 N–H and O–H groups in total. The van der Waals surface area contributed by atoms with Crippen molar-refractivity contribution >= 4 is 17.6 Å². The number of benzene rings is 1. The van der Waals surface area contributed by atoms with E-state index in [0.717, 1.165) is 0 Å². The number of aromatic nitrogens is 3. The van der Waals surface area contributed by atoms with E-state index in [1.165, 1.54) is 30.0 Å². The van der Waals surface area contributed by atoms with Crippen LogP contribution >= 0.6 is 11.6 Å². The Hall–Kier alpha value is -1.95. The van der Waals surface area contributed by atoms with Gasteiger partial charge in [0.1, 0.15) is 5.82 Å². The molecule has 7 heteroatoms. The molecule has 5 nitrogen and oxygen atoms in total. The Bertz CT molecular complexity index is 670. The molecule has 1 heterocycles. The summed E-state index contributed by atoms with van der Waals surface area (Å²) in [6.07, 6.45) is 0. The van der Waals surface area contributed by atoms with Crippen LogP contribution in [0.15, 0.2) is 18.2 Å². The molecule has 0 fully saturated rings.